The molecule has 0 aromatic heterocycles. The molecule has 0 fully saturated rings. The second-order valence-electron chi connectivity index (χ2n) is 3.62. The van der Waals surface area contributed by atoms with Gasteiger partial charge in [0.05, 0.1) is 0 Å². The molecule has 0 N–H and O–H groups in total. The molecule has 1 unspecified atom stereocenters. The number of rotatable bonds is 5. The summed E-state index contributed by atoms with van der Waals surface area (Å²) in [4.78, 5) is 10.3. The summed E-state index contributed by atoms with van der Waals surface area (Å²) in [5, 5.41) is 19.9. The Balaban J connectivity index is -0.000000249. The van der Waals surface area contributed by atoms with Crippen LogP contribution in [-0.4, -0.2) is 12.1 Å². The molecule has 0 aromatic carbocycles. The number of carbonyl (C=O) groups excluding carboxylic acids is 1. The van der Waals surface area contributed by atoms with Crippen molar-refractivity contribution in [3.63, 3.8) is 0 Å². The van der Waals surface area contributed by atoms with Crippen LogP contribution < -0.4 is 10.2 Å². The van der Waals surface area contributed by atoms with E-state index >= 15 is 0 Å². The Kier molecular flexibility index (Phi) is 19.7. The fourth-order valence-electron chi connectivity index (χ4n) is 0.939. The number of aliphatic carboxylic acids is 1. The first-order chi connectivity index (χ1) is 6.45. The molecule has 3 nitrogen and oxygen atoms in total. The van der Waals surface area contributed by atoms with Gasteiger partial charge in [-0.15, -0.1) is 6.10 Å². The largest absolute Gasteiger partial charge is 2.00 e. The minimum Gasteiger partial charge on any atom is -0.852 e. The summed E-state index contributed by atoms with van der Waals surface area (Å²) in [6.07, 6.45) is 3.11. The van der Waals surface area contributed by atoms with Gasteiger partial charge >= 0.3 is 26.2 Å². The number of carbonyl (C=O) groups is 1. The van der Waals surface area contributed by atoms with Crippen molar-refractivity contribution >= 4 is 5.97 Å². The van der Waals surface area contributed by atoms with Crippen molar-refractivity contribution < 1.29 is 41.2 Å². The van der Waals surface area contributed by atoms with Gasteiger partial charge in [-0.05, 0) is 18.8 Å². The molecule has 88 valence electrons. The first-order valence-electron chi connectivity index (χ1n) is 5.32. The minimum atomic E-state index is -0.893. The third-order valence-electron chi connectivity index (χ3n) is 1.73. The van der Waals surface area contributed by atoms with Crippen LogP contribution in [0.25, 0.3) is 0 Å². The van der Waals surface area contributed by atoms with E-state index in [2.05, 4.69) is 6.92 Å². The van der Waals surface area contributed by atoms with E-state index in [-0.39, 0.29) is 32.1 Å². The molecule has 0 aliphatic carbocycles. The summed E-state index contributed by atoms with van der Waals surface area (Å²) in [6.45, 7) is 7.16. The third kappa shape index (κ3) is 20.4. The molecule has 0 aliphatic rings. The van der Waals surface area contributed by atoms with Crippen molar-refractivity contribution in [2.75, 3.05) is 0 Å². The number of hydrogen-bond donors (Lipinski definition) is 0. The smallest absolute Gasteiger partial charge is 0.852 e. The second-order valence-corrected chi connectivity index (χ2v) is 3.62. The van der Waals surface area contributed by atoms with Crippen LogP contribution in [0.2, 0.25) is 0 Å². The average Bonchev–Trinajstić information content (AvgIpc) is 2.04. The van der Waals surface area contributed by atoms with E-state index in [9.17, 15) is 15.0 Å². The van der Waals surface area contributed by atoms with Crippen molar-refractivity contribution in [3.8, 4) is 0 Å². The third-order valence-corrected chi connectivity index (χ3v) is 1.73. The second kappa shape index (κ2) is 14.3. The predicted octanol–water partition coefficient (Wildman–Crippen LogP) is 0.705. The van der Waals surface area contributed by atoms with Gasteiger partial charge in [0.15, 0.2) is 0 Å². The molecule has 0 radical (unpaired) electrons. The molecule has 0 aliphatic heterocycles. The molecule has 0 rings (SSSR count). The summed E-state index contributed by atoms with van der Waals surface area (Å²) in [5.41, 5.74) is 0. The van der Waals surface area contributed by atoms with Gasteiger partial charge in [0.1, 0.15) is 0 Å². The zero-order chi connectivity index (χ0) is 11.6. The number of hydrogen-bond acceptors (Lipinski definition) is 3. The Labute approximate surface area is 112 Å². The van der Waals surface area contributed by atoms with Crippen LogP contribution in [0.4, 0.5) is 0 Å². The summed E-state index contributed by atoms with van der Waals surface area (Å²) in [6, 6.07) is 0. The SMILES string of the molecule is CC(C)[O-].CCCCC(CC)C(=O)[O-].[Zr+2]. The van der Waals surface area contributed by atoms with E-state index in [1.807, 2.05) is 6.92 Å². The van der Waals surface area contributed by atoms with Gasteiger partial charge in [0.2, 0.25) is 0 Å². The van der Waals surface area contributed by atoms with E-state index in [0.29, 0.717) is 6.42 Å². The summed E-state index contributed by atoms with van der Waals surface area (Å²) >= 11 is 0. The van der Waals surface area contributed by atoms with Gasteiger partial charge in [0, 0.05) is 5.97 Å². The van der Waals surface area contributed by atoms with Gasteiger partial charge in [0.25, 0.3) is 0 Å². The number of carboxylic acids is 1. The summed E-state index contributed by atoms with van der Waals surface area (Å²) in [7, 11) is 0. The van der Waals surface area contributed by atoms with Gasteiger partial charge in [-0.1, -0.05) is 40.5 Å². The van der Waals surface area contributed by atoms with Gasteiger partial charge in [-0.25, -0.2) is 0 Å². The topological polar surface area (TPSA) is 63.2 Å². The van der Waals surface area contributed by atoms with E-state index in [4.69, 9.17) is 0 Å². The van der Waals surface area contributed by atoms with Crippen molar-refractivity contribution in [1.29, 1.82) is 0 Å². The zero-order valence-electron chi connectivity index (χ0n) is 10.2. The Hall–Kier alpha value is 0.313. The molecular weight excluding hydrogens is 271 g/mol. The Morgan fingerprint density at radius 3 is 1.87 bits per heavy atom. The molecular formula is C11H22O3Zr. The van der Waals surface area contributed by atoms with E-state index < -0.39 is 12.1 Å². The maximum absolute atomic E-state index is 10.3. The van der Waals surface area contributed by atoms with Crippen LogP contribution in [0, 0.1) is 5.92 Å². The van der Waals surface area contributed by atoms with Gasteiger partial charge in [-0.2, -0.15) is 0 Å². The first kappa shape index (κ1) is 20.7. The maximum atomic E-state index is 10.3. The summed E-state index contributed by atoms with van der Waals surface area (Å²) in [5.74, 6) is -1.11. The van der Waals surface area contributed by atoms with E-state index in [0.717, 1.165) is 19.3 Å². The van der Waals surface area contributed by atoms with E-state index in [1.54, 1.807) is 13.8 Å². The van der Waals surface area contributed by atoms with Crippen LogP contribution in [0.15, 0.2) is 0 Å². The zero-order valence-corrected chi connectivity index (χ0v) is 12.7. The average molecular weight is 294 g/mol. The van der Waals surface area contributed by atoms with E-state index in [1.165, 1.54) is 0 Å². The molecule has 15 heavy (non-hydrogen) atoms. The van der Waals surface area contributed by atoms with Crippen LogP contribution in [0.3, 0.4) is 0 Å². The predicted molar refractivity (Wildman–Crippen MR) is 53.4 cm³/mol. The number of unbranched alkanes of at least 4 members (excludes halogenated alkanes) is 1. The molecule has 4 heteroatoms. The fourth-order valence-corrected chi connectivity index (χ4v) is 0.939. The number of carboxylic acid groups (broad SMARTS) is 1. The van der Waals surface area contributed by atoms with Crippen molar-refractivity contribution in [2.45, 2.75) is 59.5 Å². The monoisotopic (exact) mass is 292 g/mol. The standard InChI is InChI=1S/C8H16O2.C3H7O.Zr/c1-3-5-6-7(4-2)8(9)10;1-3(2)4;/h7H,3-6H2,1-2H3,(H,9,10);3H,1-2H3;/q;-1;+2/p-1. The fraction of sp³-hybridized carbons (Fsp3) is 0.909. The van der Waals surface area contributed by atoms with Gasteiger partial charge in [-0.3, -0.25) is 0 Å². The van der Waals surface area contributed by atoms with Crippen molar-refractivity contribution in [2.24, 2.45) is 5.92 Å². The van der Waals surface area contributed by atoms with Crippen LogP contribution in [0.1, 0.15) is 53.4 Å². The molecule has 1 atom stereocenters. The van der Waals surface area contributed by atoms with Crippen LogP contribution in [0.5, 0.6) is 0 Å². The Morgan fingerprint density at radius 1 is 1.27 bits per heavy atom. The summed E-state index contributed by atoms with van der Waals surface area (Å²) < 4.78 is 0. The molecule has 0 amide bonds. The maximum Gasteiger partial charge on any atom is 2.00 e. The normalized spacial score (nSPS) is 11.1. The van der Waals surface area contributed by atoms with Crippen molar-refractivity contribution in [3.05, 3.63) is 0 Å². The molecule has 0 bridgehead atoms. The minimum absolute atomic E-state index is 0. The first-order valence-corrected chi connectivity index (χ1v) is 5.32. The Bertz CT molecular complexity index is 135. The van der Waals surface area contributed by atoms with Crippen LogP contribution >= 0.6 is 0 Å². The Morgan fingerprint density at radius 2 is 1.67 bits per heavy atom. The quantitative estimate of drug-likeness (QED) is 0.750. The molecule has 0 heterocycles. The molecule has 0 saturated heterocycles. The molecule has 0 spiro atoms. The molecule has 0 aromatic rings. The molecule has 0 saturated carbocycles. The van der Waals surface area contributed by atoms with Crippen LogP contribution in [-0.2, 0) is 31.0 Å². The van der Waals surface area contributed by atoms with Gasteiger partial charge < -0.3 is 15.0 Å². The van der Waals surface area contributed by atoms with Crippen molar-refractivity contribution in [1.82, 2.24) is 0 Å².